The van der Waals surface area contributed by atoms with Crippen LogP contribution in [-0.2, 0) is 11.8 Å². The van der Waals surface area contributed by atoms with Gasteiger partial charge in [-0.05, 0) is 22.6 Å². The predicted octanol–water partition coefficient (Wildman–Crippen LogP) is 0.248. The molecule has 1 amide bonds. The lowest BCUT2D eigenvalue weighted by molar-refractivity contribution is -0.121. The number of hydrogen-bond donors (Lipinski definition) is 2. The Morgan fingerprint density at radius 1 is 1.43 bits per heavy atom. The monoisotopic (exact) mass is 337 g/mol. The van der Waals surface area contributed by atoms with E-state index in [1.54, 1.807) is 11.7 Å². The summed E-state index contributed by atoms with van der Waals surface area (Å²) < 4.78 is 6.96. The molecule has 1 aromatic carbocycles. The summed E-state index contributed by atoms with van der Waals surface area (Å²) in [4.78, 5) is 11.7. The molecule has 1 aromatic heterocycles. The number of amides is 1. The highest BCUT2D eigenvalue weighted by molar-refractivity contribution is 7.99. The molecule has 0 aliphatic carbocycles. The van der Waals surface area contributed by atoms with Gasteiger partial charge in [0.15, 0.2) is 0 Å². The highest BCUT2D eigenvalue weighted by atomic mass is 32.2. The van der Waals surface area contributed by atoms with E-state index in [-0.39, 0.29) is 19.1 Å². The highest BCUT2D eigenvalue weighted by Crippen LogP contribution is 2.13. The van der Waals surface area contributed by atoms with Crippen molar-refractivity contribution in [1.29, 1.82) is 0 Å². The summed E-state index contributed by atoms with van der Waals surface area (Å²) in [6.45, 7) is 0.283. The molecule has 0 radical (unpaired) electrons. The summed E-state index contributed by atoms with van der Waals surface area (Å²) in [5.74, 6) is 1.12. The van der Waals surface area contributed by atoms with Crippen molar-refractivity contribution >= 4 is 17.7 Å². The van der Waals surface area contributed by atoms with Crippen LogP contribution in [-0.4, -0.2) is 56.2 Å². The Hall–Kier alpha value is -2.13. The zero-order valence-electron chi connectivity index (χ0n) is 12.8. The van der Waals surface area contributed by atoms with Crippen LogP contribution >= 0.6 is 11.8 Å². The summed E-state index contributed by atoms with van der Waals surface area (Å²) in [7, 11) is 1.74. The fourth-order valence-corrected chi connectivity index (χ4v) is 2.45. The van der Waals surface area contributed by atoms with Gasteiger partial charge in [-0.3, -0.25) is 4.79 Å². The Labute approximate surface area is 138 Å². The molecule has 1 atom stereocenters. The molecule has 0 fully saturated rings. The van der Waals surface area contributed by atoms with E-state index < -0.39 is 6.10 Å². The minimum Gasteiger partial charge on any atom is -0.491 e. The fraction of sp³-hybridized carbons (Fsp3) is 0.429. The van der Waals surface area contributed by atoms with E-state index in [0.717, 1.165) is 0 Å². The van der Waals surface area contributed by atoms with Crippen LogP contribution < -0.4 is 10.1 Å². The van der Waals surface area contributed by atoms with Crippen LogP contribution in [0.25, 0.3) is 0 Å². The van der Waals surface area contributed by atoms with Crippen LogP contribution in [0.15, 0.2) is 35.5 Å². The van der Waals surface area contributed by atoms with Gasteiger partial charge in [-0.15, -0.1) is 5.10 Å². The van der Waals surface area contributed by atoms with Gasteiger partial charge in [-0.2, -0.15) is 0 Å². The zero-order valence-corrected chi connectivity index (χ0v) is 13.6. The van der Waals surface area contributed by atoms with Gasteiger partial charge in [-0.25, -0.2) is 4.68 Å². The maximum atomic E-state index is 11.7. The number of nitrogens with zero attached hydrogens (tertiary/aromatic N) is 4. The quantitative estimate of drug-likeness (QED) is 0.632. The Bertz CT molecular complexity index is 607. The lowest BCUT2D eigenvalue weighted by Crippen LogP contribution is -2.35. The maximum Gasteiger partial charge on any atom is 0.220 e. The van der Waals surface area contributed by atoms with Gasteiger partial charge in [0.2, 0.25) is 11.1 Å². The van der Waals surface area contributed by atoms with E-state index in [1.807, 2.05) is 30.3 Å². The van der Waals surface area contributed by atoms with Gasteiger partial charge in [0.1, 0.15) is 18.5 Å². The number of aryl methyl sites for hydroxylation is 1. The zero-order chi connectivity index (χ0) is 16.5. The first kappa shape index (κ1) is 17.2. The van der Waals surface area contributed by atoms with Crippen LogP contribution in [0.3, 0.4) is 0 Å². The van der Waals surface area contributed by atoms with Crippen molar-refractivity contribution in [3.05, 3.63) is 30.3 Å². The van der Waals surface area contributed by atoms with Crippen molar-refractivity contribution in [2.45, 2.75) is 17.7 Å². The van der Waals surface area contributed by atoms with Gasteiger partial charge >= 0.3 is 0 Å². The number of ether oxygens (including phenoxy) is 1. The normalized spacial score (nSPS) is 11.9. The summed E-state index contributed by atoms with van der Waals surface area (Å²) in [5.41, 5.74) is 0. The van der Waals surface area contributed by atoms with E-state index in [2.05, 4.69) is 20.8 Å². The van der Waals surface area contributed by atoms with Gasteiger partial charge in [0.25, 0.3) is 0 Å². The maximum absolute atomic E-state index is 11.7. The molecule has 2 rings (SSSR count). The Morgan fingerprint density at radius 3 is 2.91 bits per heavy atom. The first-order valence-corrected chi connectivity index (χ1v) is 8.11. The first-order valence-electron chi connectivity index (χ1n) is 7.13. The van der Waals surface area contributed by atoms with Crippen molar-refractivity contribution in [3.63, 3.8) is 0 Å². The predicted molar refractivity (Wildman–Crippen MR) is 85.1 cm³/mol. The van der Waals surface area contributed by atoms with Crippen LogP contribution in [0.1, 0.15) is 6.42 Å². The average molecular weight is 337 g/mol. The molecule has 0 bridgehead atoms. The second-order valence-corrected chi connectivity index (χ2v) is 5.83. The number of carbonyl (C=O) groups excluding carboxylic acids is 1. The Morgan fingerprint density at radius 2 is 2.22 bits per heavy atom. The average Bonchev–Trinajstić information content (AvgIpc) is 2.97. The molecular formula is C14H19N5O3S. The number of carbonyl (C=O) groups is 1. The first-order chi connectivity index (χ1) is 11.1. The lowest BCUT2D eigenvalue weighted by atomic mass is 10.3. The summed E-state index contributed by atoms with van der Waals surface area (Å²) in [5, 5.41) is 24.2. The van der Waals surface area contributed by atoms with E-state index in [1.165, 1.54) is 11.8 Å². The number of rotatable bonds is 9. The summed E-state index contributed by atoms with van der Waals surface area (Å²) in [6.07, 6.45) is -0.432. The number of aliphatic hydroxyl groups excluding tert-OH is 1. The second-order valence-electron chi connectivity index (χ2n) is 4.77. The lowest BCUT2D eigenvalue weighted by Gasteiger charge is -2.13. The van der Waals surface area contributed by atoms with Crippen LogP contribution in [0.4, 0.5) is 0 Å². The third-order valence-electron chi connectivity index (χ3n) is 2.86. The van der Waals surface area contributed by atoms with Crippen molar-refractivity contribution < 1.29 is 14.6 Å². The van der Waals surface area contributed by atoms with E-state index in [9.17, 15) is 9.90 Å². The number of benzene rings is 1. The van der Waals surface area contributed by atoms with Crippen molar-refractivity contribution in [3.8, 4) is 5.75 Å². The summed E-state index contributed by atoms with van der Waals surface area (Å²) >= 11 is 1.40. The van der Waals surface area contributed by atoms with Crippen molar-refractivity contribution in [2.24, 2.45) is 7.05 Å². The van der Waals surface area contributed by atoms with Crippen molar-refractivity contribution in [1.82, 2.24) is 25.5 Å². The molecule has 8 nitrogen and oxygen atoms in total. The Balaban J connectivity index is 1.57. The van der Waals surface area contributed by atoms with Crippen LogP contribution in [0.2, 0.25) is 0 Å². The number of nitrogens with one attached hydrogen (secondary N) is 1. The number of aromatic nitrogens is 4. The number of aliphatic hydroxyl groups is 1. The van der Waals surface area contributed by atoms with Gasteiger partial charge < -0.3 is 15.2 Å². The molecular weight excluding hydrogens is 318 g/mol. The molecule has 1 unspecified atom stereocenters. The molecule has 23 heavy (non-hydrogen) atoms. The summed E-state index contributed by atoms with van der Waals surface area (Å²) in [6, 6.07) is 9.22. The largest absolute Gasteiger partial charge is 0.491 e. The van der Waals surface area contributed by atoms with Gasteiger partial charge in [0.05, 0.1) is 0 Å². The van der Waals surface area contributed by atoms with E-state index in [0.29, 0.717) is 23.1 Å². The molecule has 2 aromatic rings. The molecule has 0 aliphatic rings. The standard InChI is InChI=1S/C14H19N5O3S/c1-19-14(16-17-18-19)23-8-7-13(21)15-9-11(20)10-22-12-5-3-2-4-6-12/h2-6,11,20H,7-10H2,1H3,(H,15,21). The topological polar surface area (TPSA) is 102 Å². The second kappa shape index (κ2) is 9.11. The SMILES string of the molecule is Cn1nnnc1SCCC(=O)NCC(O)COc1ccccc1. The molecule has 2 N–H and O–H groups in total. The van der Waals surface area contributed by atoms with Crippen LogP contribution in [0.5, 0.6) is 5.75 Å². The minimum atomic E-state index is -0.755. The number of thioether (sulfide) groups is 1. The van der Waals surface area contributed by atoms with Crippen LogP contribution in [0, 0.1) is 0 Å². The smallest absolute Gasteiger partial charge is 0.220 e. The molecule has 1 heterocycles. The fourth-order valence-electron chi connectivity index (χ4n) is 1.67. The number of hydrogen-bond acceptors (Lipinski definition) is 7. The third-order valence-corrected chi connectivity index (χ3v) is 3.87. The molecule has 9 heteroatoms. The molecule has 124 valence electrons. The van der Waals surface area contributed by atoms with E-state index in [4.69, 9.17) is 4.74 Å². The van der Waals surface area contributed by atoms with Gasteiger partial charge in [0, 0.05) is 25.8 Å². The van der Waals surface area contributed by atoms with Crippen molar-refractivity contribution in [2.75, 3.05) is 18.9 Å². The highest BCUT2D eigenvalue weighted by Gasteiger charge is 2.09. The molecule has 0 spiro atoms. The molecule has 0 saturated carbocycles. The minimum absolute atomic E-state index is 0.129. The van der Waals surface area contributed by atoms with Gasteiger partial charge in [-0.1, -0.05) is 30.0 Å². The molecule has 0 aliphatic heterocycles. The number of para-hydroxylation sites is 1. The number of tetrazole rings is 1. The Kier molecular flexibility index (Phi) is 6.82. The third kappa shape index (κ3) is 6.25. The van der Waals surface area contributed by atoms with E-state index >= 15 is 0 Å². The molecule has 0 saturated heterocycles.